The molecule has 1 atom stereocenters. The molecular weight excluding hydrogens is 220 g/mol. The van der Waals surface area contributed by atoms with Gasteiger partial charge in [-0.3, -0.25) is 0 Å². The molecule has 0 bridgehead atoms. The quantitative estimate of drug-likeness (QED) is 0.778. The van der Waals surface area contributed by atoms with E-state index < -0.39 is 0 Å². The van der Waals surface area contributed by atoms with Crippen molar-refractivity contribution in [1.29, 1.82) is 0 Å². The van der Waals surface area contributed by atoms with Gasteiger partial charge in [-0.25, -0.2) is 0 Å². The van der Waals surface area contributed by atoms with E-state index in [0.29, 0.717) is 5.92 Å². The SMILES string of the molecule is CC(CCNC1CCCCC1)c1ccc(N)cc1. The molecular formula is C16H26N2. The van der Waals surface area contributed by atoms with E-state index in [1.54, 1.807) is 0 Å². The van der Waals surface area contributed by atoms with E-state index in [1.807, 2.05) is 12.1 Å². The molecule has 0 amide bonds. The number of anilines is 1. The van der Waals surface area contributed by atoms with Crippen molar-refractivity contribution in [3.63, 3.8) is 0 Å². The van der Waals surface area contributed by atoms with E-state index in [1.165, 1.54) is 44.1 Å². The number of nitrogen functional groups attached to an aromatic ring is 1. The number of rotatable bonds is 5. The molecule has 0 spiro atoms. The van der Waals surface area contributed by atoms with Crippen LogP contribution in [0.5, 0.6) is 0 Å². The predicted octanol–water partition coefficient (Wildman–Crippen LogP) is 3.68. The summed E-state index contributed by atoms with van der Waals surface area (Å²) < 4.78 is 0. The highest BCUT2D eigenvalue weighted by atomic mass is 14.9. The normalized spacial score (nSPS) is 18.7. The van der Waals surface area contributed by atoms with Gasteiger partial charge in [-0.05, 0) is 49.4 Å². The van der Waals surface area contributed by atoms with Gasteiger partial charge in [0.2, 0.25) is 0 Å². The lowest BCUT2D eigenvalue weighted by molar-refractivity contribution is 0.368. The molecule has 0 radical (unpaired) electrons. The second kappa shape index (κ2) is 6.79. The summed E-state index contributed by atoms with van der Waals surface area (Å²) in [6.07, 6.45) is 8.20. The molecule has 2 rings (SSSR count). The lowest BCUT2D eigenvalue weighted by atomic mass is 9.94. The molecule has 2 heteroatoms. The summed E-state index contributed by atoms with van der Waals surface area (Å²) in [4.78, 5) is 0. The van der Waals surface area contributed by atoms with Crippen LogP contribution in [0.25, 0.3) is 0 Å². The Morgan fingerprint density at radius 1 is 1.17 bits per heavy atom. The van der Waals surface area contributed by atoms with E-state index in [-0.39, 0.29) is 0 Å². The van der Waals surface area contributed by atoms with Crippen molar-refractivity contribution >= 4 is 5.69 Å². The highest BCUT2D eigenvalue weighted by molar-refractivity contribution is 5.40. The van der Waals surface area contributed by atoms with Crippen molar-refractivity contribution in [3.05, 3.63) is 29.8 Å². The highest BCUT2D eigenvalue weighted by Crippen LogP contribution is 2.21. The van der Waals surface area contributed by atoms with Gasteiger partial charge in [0.15, 0.2) is 0 Å². The van der Waals surface area contributed by atoms with Gasteiger partial charge >= 0.3 is 0 Å². The molecule has 1 aromatic carbocycles. The smallest absolute Gasteiger partial charge is 0.0314 e. The van der Waals surface area contributed by atoms with E-state index in [9.17, 15) is 0 Å². The average molecular weight is 246 g/mol. The van der Waals surface area contributed by atoms with Crippen LogP contribution in [0.15, 0.2) is 24.3 Å². The van der Waals surface area contributed by atoms with Crippen molar-refractivity contribution in [3.8, 4) is 0 Å². The van der Waals surface area contributed by atoms with Gasteiger partial charge in [-0.15, -0.1) is 0 Å². The van der Waals surface area contributed by atoms with Gasteiger partial charge in [-0.1, -0.05) is 38.3 Å². The largest absolute Gasteiger partial charge is 0.399 e. The predicted molar refractivity (Wildman–Crippen MR) is 78.8 cm³/mol. The molecule has 1 saturated carbocycles. The summed E-state index contributed by atoms with van der Waals surface area (Å²) in [5, 5.41) is 3.71. The minimum absolute atomic E-state index is 0.613. The molecule has 100 valence electrons. The third-order valence-electron chi connectivity index (χ3n) is 4.12. The summed E-state index contributed by atoms with van der Waals surface area (Å²) in [6, 6.07) is 9.08. The van der Waals surface area contributed by atoms with Crippen LogP contribution in [0.4, 0.5) is 5.69 Å². The zero-order valence-corrected chi connectivity index (χ0v) is 11.5. The van der Waals surface area contributed by atoms with Crippen LogP contribution in [-0.4, -0.2) is 12.6 Å². The van der Waals surface area contributed by atoms with Gasteiger partial charge in [0.05, 0.1) is 0 Å². The molecule has 0 heterocycles. The number of nitrogens with two attached hydrogens (primary N) is 1. The number of hydrogen-bond donors (Lipinski definition) is 2. The van der Waals surface area contributed by atoms with E-state index in [0.717, 1.165) is 18.3 Å². The van der Waals surface area contributed by atoms with Crippen LogP contribution in [0, 0.1) is 0 Å². The van der Waals surface area contributed by atoms with Gasteiger partial charge in [-0.2, -0.15) is 0 Å². The Morgan fingerprint density at radius 2 is 1.83 bits per heavy atom. The van der Waals surface area contributed by atoms with Crippen LogP contribution in [-0.2, 0) is 0 Å². The Balaban J connectivity index is 1.70. The fourth-order valence-electron chi connectivity index (χ4n) is 2.80. The summed E-state index contributed by atoms with van der Waals surface area (Å²) in [6.45, 7) is 3.43. The number of hydrogen-bond acceptors (Lipinski definition) is 2. The Bertz CT molecular complexity index is 339. The molecule has 2 nitrogen and oxygen atoms in total. The van der Waals surface area contributed by atoms with Crippen LogP contribution in [0.2, 0.25) is 0 Å². The standard InChI is InChI=1S/C16H26N2/c1-13(14-7-9-15(17)10-8-14)11-12-18-16-5-3-2-4-6-16/h7-10,13,16,18H,2-6,11-12,17H2,1H3. The van der Waals surface area contributed by atoms with Crippen LogP contribution in [0.3, 0.4) is 0 Å². The third kappa shape index (κ3) is 4.02. The van der Waals surface area contributed by atoms with Gasteiger partial charge in [0.1, 0.15) is 0 Å². The van der Waals surface area contributed by atoms with Crippen molar-refractivity contribution in [1.82, 2.24) is 5.32 Å². The molecule has 1 fully saturated rings. The van der Waals surface area contributed by atoms with Gasteiger partial charge < -0.3 is 11.1 Å². The topological polar surface area (TPSA) is 38.0 Å². The first kappa shape index (κ1) is 13.4. The summed E-state index contributed by atoms with van der Waals surface area (Å²) in [5.74, 6) is 0.613. The third-order valence-corrected chi connectivity index (χ3v) is 4.12. The maximum absolute atomic E-state index is 5.71. The maximum Gasteiger partial charge on any atom is 0.0314 e. The zero-order valence-electron chi connectivity index (χ0n) is 11.5. The number of nitrogens with one attached hydrogen (secondary N) is 1. The second-order valence-corrected chi connectivity index (χ2v) is 5.65. The first-order valence-electron chi connectivity index (χ1n) is 7.34. The van der Waals surface area contributed by atoms with E-state index in [2.05, 4.69) is 24.4 Å². The molecule has 1 aliphatic carbocycles. The van der Waals surface area contributed by atoms with Crippen LogP contribution < -0.4 is 11.1 Å². The average Bonchev–Trinajstić information content (AvgIpc) is 2.40. The molecule has 0 aromatic heterocycles. The van der Waals surface area contributed by atoms with Crippen LogP contribution in [0.1, 0.15) is 56.9 Å². The molecule has 1 aliphatic rings. The molecule has 0 aliphatic heterocycles. The van der Waals surface area contributed by atoms with Crippen molar-refractivity contribution in [2.75, 3.05) is 12.3 Å². The molecule has 3 N–H and O–H groups in total. The highest BCUT2D eigenvalue weighted by Gasteiger charge is 2.13. The minimum Gasteiger partial charge on any atom is -0.399 e. The van der Waals surface area contributed by atoms with Gasteiger partial charge in [0.25, 0.3) is 0 Å². The van der Waals surface area contributed by atoms with E-state index in [4.69, 9.17) is 5.73 Å². The lowest BCUT2D eigenvalue weighted by Crippen LogP contribution is -2.32. The summed E-state index contributed by atoms with van der Waals surface area (Å²) >= 11 is 0. The van der Waals surface area contributed by atoms with E-state index >= 15 is 0 Å². The summed E-state index contributed by atoms with van der Waals surface area (Å²) in [7, 11) is 0. The van der Waals surface area contributed by atoms with Crippen molar-refractivity contribution in [2.45, 2.75) is 57.4 Å². The fourth-order valence-corrected chi connectivity index (χ4v) is 2.80. The Labute approximate surface area is 111 Å². The van der Waals surface area contributed by atoms with Crippen molar-refractivity contribution in [2.24, 2.45) is 0 Å². The Kier molecular flexibility index (Phi) is 5.06. The first-order chi connectivity index (χ1) is 8.75. The monoisotopic (exact) mass is 246 g/mol. The lowest BCUT2D eigenvalue weighted by Gasteiger charge is -2.23. The molecule has 1 unspecified atom stereocenters. The number of benzene rings is 1. The minimum atomic E-state index is 0.613. The second-order valence-electron chi connectivity index (χ2n) is 5.65. The zero-order chi connectivity index (χ0) is 12.8. The summed E-state index contributed by atoms with van der Waals surface area (Å²) in [5.41, 5.74) is 7.96. The molecule has 0 saturated heterocycles. The maximum atomic E-state index is 5.71. The molecule has 1 aromatic rings. The molecule has 18 heavy (non-hydrogen) atoms. The van der Waals surface area contributed by atoms with Crippen LogP contribution >= 0.6 is 0 Å². The van der Waals surface area contributed by atoms with Gasteiger partial charge in [0, 0.05) is 11.7 Å². The Hall–Kier alpha value is -1.02. The Morgan fingerprint density at radius 3 is 2.50 bits per heavy atom. The fraction of sp³-hybridized carbons (Fsp3) is 0.625. The van der Waals surface area contributed by atoms with Crippen molar-refractivity contribution < 1.29 is 0 Å². The first-order valence-corrected chi connectivity index (χ1v) is 7.34.